The van der Waals surface area contributed by atoms with Crippen LogP contribution in [0.3, 0.4) is 0 Å². The van der Waals surface area contributed by atoms with Gasteiger partial charge in [-0.05, 0) is 0 Å². The average molecular weight is 326 g/mol. The number of carboxylic acid groups (broad SMARTS) is 2. The van der Waals surface area contributed by atoms with Crippen LogP contribution in [0.25, 0.3) is 0 Å². The summed E-state index contributed by atoms with van der Waals surface area (Å²) in [5, 5.41) is 15.7. The highest BCUT2D eigenvalue weighted by molar-refractivity contribution is 5.59. The van der Waals surface area contributed by atoms with Crippen LogP contribution in [0.4, 0.5) is 14.4 Å². The van der Waals surface area contributed by atoms with Crippen molar-refractivity contribution in [2.45, 2.75) is 0 Å². The number of hydrogen-bond acceptors (Lipinski definition) is 10. The number of ether oxygens (including phenoxy) is 4. The lowest BCUT2D eigenvalue weighted by atomic mass is 10.8. The van der Waals surface area contributed by atoms with Gasteiger partial charge in [0.15, 0.2) is 0 Å². The zero-order valence-electron chi connectivity index (χ0n) is 11.5. The van der Waals surface area contributed by atoms with E-state index in [1.54, 1.807) is 0 Å². The highest BCUT2D eigenvalue weighted by atomic mass is 16.7. The van der Waals surface area contributed by atoms with Crippen LogP contribution in [-0.2, 0) is 18.9 Å². The highest BCUT2D eigenvalue weighted by Gasteiger charge is 1.98. The van der Waals surface area contributed by atoms with E-state index in [-0.39, 0.29) is 13.2 Å². The van der Waals surface area contributed by atoms with E-state index in [4.69, 9.17) is 10.2 Å². The van der Waals surface area contributed by atoms with Gasteiger partial charge in [-0.2, -0.15) is 0 Å². The standard InChI is InChI=1S/C4H6O6.C3H2O3.C3H6O3/c5-3(6)9-1-2-10-4(7)8;4-3-5-1-2-6-3;1-5-3(4)6-2/h1-2H2,(H,5,6)(H,7,8);1-2H;1-2H3. The van der Waals surface area contributed by atoms with Gasteiger partial charge in [0.25, 0.3) is 0 Å². The predicted molar refractivity (Wildman–Crippen MR) is 64.6 cm³/mol. The Hall–Kier alpha value is -3.18. The summed E-state index contributed by atoms with van der Waals surface area (Å²) >= 11 is 0. The van der Waals surface area contributed by atoms with Crippen LogP contribution in [0.5, 0.6) is 0 Å². The third-order valence-corrected chi connectivity index (χ3v) is 1.25. The molecule has 0 atom stereocenters. The van der Waals surface area contributed by atoms with E-state index in [9.17, 15) is 19.2 Å². The van der Waals surface area contributed by atoms with Crippen molar-refractivity contribution in [3.05, 3.63) is 23.1 Å². The molecule has 0 aliphatic rings. The zero-order chi connectivity index (χ0) is 17.4. The molecule has 0 aliphatic carbocycles. The summed E-state index contributed by atoms with van der Waals surface area (Å²) in [6, 6.07) is 0. The fourth-order valence-electron chi connectivity index (χ4n) is 0.536. The van der Waals surface area contributed by atoms with Crippen molar-refractivity contribution in [2.24, 2.45) is 0 Å². The maximum absolute atomic E-state index is 9.74. The van der Waals surface area contributed by atoms with Gasteiger partial charge in [0.2, 0.25) is 0 Å². The Kier molecular flexibility index (Phi) is 13.7. The maximum Gasteiger partial charge on any atom is 0.518 e. The first kappa shape index (κ1) is 21.1. The number of carbonyl (C=O) groups is 3. The Morgan fingerprint density at radius 1 is 0.955 bits per heavy atom. The van der Waals surface area contributed by atoms with Crippen molar-refractivity contribution < 1.29 is 52.4 Å². The molecule has 22 heavy (non-hydrogen) atoms. The number of rotatable bonds is 3. The molecule has 1 rings (SSSR count). The smallest absolute Gasteiger partial charge is 0.450 e. The van der Waals surface area contributed by atoms with Crippen LogP contribution in [0.2, 0.25) is 0 Å². The molecule has 0 unspecified atom stereocenters. The second-order valence-electron chi connectivity index (χ2n) is 2.64. The minimum Gasteiger partial charge on any atom is -0.450 e. The van der Waals surface area contributed by atoms with E-state index in [0.29, 0.717) is 0 Å². The number of methoxy groups -OCH3 is 2. The van der Waals surface area contributed by atoms with Crippen LogP contribution in [0.15, 0.2) is 26.2 Å². The molecule has 0 radical (unpaired) electrons. The average Bonchev–Trinajstić information content (AvgIpc) is 2.95. The summed E-state index contributed by atoms with van der Waals surface area (Å²) in [6.45, 7) is -0.552. The largest absolute Gasteiger partial charge is 0.518 e. The van der Waals surface area contributed by atoms with Crippen molar-refractivity contribution in [1.82, 2.24) is 0 Å². The topological polar surface area (TPSA) is 172 Å². The molecule has 0 spiro atoms. The second kappa shape index (κ2) is 14.2. The zero-order valence-corrected chi connectivity index (χ0v) is 11.5. The molecule has 0 aromatic carbocycles. The van der Waals surface area contributed by atoms with Gasteiger partial charge < -0.3 is 38.0 Å². The van der Waals surface area contributed by atoms with Crippen LogP contribution < -0.4 is 5.82 Å². The highest BCUT2D eigenvalue weighted by Crippen LogP contribution is 1.79. The summed E-state index contributed by atoms with van der Waals surface area (Å²) in [5.41, 5.74) is 0. The molecule has 1 aromatic heterocycles. The molecule has 1 aromatic rings. The van der Waals surface area contributed by atoms with Gasteiger partial charge in [-0.15, -0.1) is 0 Å². The van der Waals surface area contributed by atoms with Crippen molar-refractivity contribution in [2.75, 3.05) is 27.4 Å². The molecule has 0 aliphatic heterocycles. The lowest BCUT2D eigenvalue weighted by Gasteiger charge is -1.98. The van der Waals surface area contributed by atoms with Gasteiger partial charge in [-0.1, -0.05) is 0 Å². The fraction of sp³-hybridized carbons (Fsp3) is 0.400. The van der Waals surface area contributed by atoms with Gasteiger partial charge in [-0.3, -0.25) is 0 Å². The predicted octanol–water partition coefficient (Wildman–Crippen LogP) is 1.01. The van der Waals surface area contributed by atoms with Crippen molar-refractivity contribution in [3.63, 3.8) is 0 Å². The summed E-state index contributed by atoms with van der Waals surface area (Å²) < 4.78 is 24.1. The Labute approximate surface area is 122 Å². The molecule has 2 N–H and O–H groups in total. The first-order chi connectivity index (χ1) is 10.3. The molecule has 0 amide bonds. The number of hydrogen-bond donors (Lipinski definition) is 2. The van der Waals surface area contributed by atoms with Gasteiger partial charge in [0, 0.05) is 0 Å². The summed E-state index contributed by atoms with van der Waals surface area (Å²) in [7, 11) is 2.51. The first-order valence-corrected chi connectivity index (χ1v) is 5.19. The SMILES string of the molecule is COC(=O)OC.O=C(O)OCCOC(=O)O.O=c1occo1. The molecule has 0 saturated carbocycles. The third kappa shape index (κ3) is 19.2. The van der Waals surface area contributed by atoms with E-state index >= 15 is 0 Å². The van der Waals surface area contributed by atoms with Gasteiger partial charge in [0.1, 0.15) is 25.7 Å². The summed E-state index contributed by atoms with van der Waals surface area (Å²) in [4.78, 5) is 38.7. The van der Waals surface area contributed by atoms with E-state index in [0.717, 1.165) is 0 Å². The van der Waals surface area contributed by atoms with E-state index < -0.39 is 24.3 Å². The molecular formula is C10H14O12. The first-order valence-electron chi connectivity index (χ1n) is 5.19. The molecule has 126 valence electrons. The fourth-order valence-corrected chi connectivity index (χ4v) is 0.536. The molecule has 12 heteroatoms. The normalized spacial score (nSPS) is 8.09. The van der Waals surface area contributed by atoms with Crippen LogP contribution in [0, 0.1) is 0 Å². The van der Waals surface area contributed by atoms with E-state index in [1.807, 2.05) is 0 Å². The van der Waals surface area contributed by atoms with Crippen LogP contribution in [0.1, 0.15) is 0 Å². The van der Waals surface area contributed by atoms with E-state index in [1.165, 1.54) is 26.7 Å². The molecule has 12 nitrogen and oxygen atoms in total. The quantitative estimate of drug-likeness (QED) is 0.459. The molecule has 1 heterocycles. The van der Waals surface area contributed by atoms with Crippen molar-refractivity contribution >= 4 is 18.5 Å². The maximum atomic E-state index is 9.74. The monoisotopic (exact) mass is 326 g/mol. The lowest BCUT2D eigenvalue weighted by Crippen LogP contribution is -2.10. The minimum absolute atomic E-state index is 0.276. The third-order valence-electron chi connectivity index (χ3n) is 1.25. The Morgan fingerprint density at radius 3 is 1.45 bits per heavy atom. The van der Waals surface area contributed by atoms with Gasteiger partial charge >= 0.3 is 24.3 Å². The second-order valence-corrected chi connectivity index (χ2v) is 2.64. The lowest BCUT2D eigenvalue weighted by molar-refractivity contribution is 0.0472. The molecule has 0 fully saturated rings. The Morgan fingerprint density at radius 2 is 1.32 bits per heavy atom. The van der Waals surface area contributed by atoms with Gasteiger partial charge in [-0.25, -0.2) is 19.2 Å². The summed E-state index contributed by atoms with van der Waals surface area (Å²) in [6.07, 6.45) is -1.19. The number of carbonyl (C=O) groups excluding carboxylic acids is 1. The van der Waals surface area contributed by atoms with Gasteiger partial charge in [0.05, 0.1) is 14.2 Å². The van der Waals surface area contributed by atoms with Crippen LogP contribution >= 0.6 is 0 Å². The van der Waals surface area contributed by atoms with Crippen LogP contribution in [-0.4, -0.2) is 56.1 Å². The Bertz CT molecular complexity index is 434. The molecular weight excluding hydrogens is 312 g/mol. The molecule has 0 bridgehead atoms. The summed E-state index contributed by atoms with van der Waals surface area (Å²) in [5.74, 6) is -0.657. The Balaban J connectivity index is 0. The van der Waals surface area contributed by atoms with E-state index in [2.05, 4.69) is 27.8 Å². The van der Waals surface area contributed by atoms with Crippen molar-refractivity contribution in [3.8, 4) is 0 Å². The van der Waals surface area contributed by atoms with Crippen molar-refractivity contribution in [1.29, 1.82) is 0 Å². The molecule has 0 saturated heterocycles. The minimum atomic E-state index is -1.45.